The van der Waals surface area contributed by atoms with Gasteiger partial charge in [0.15, 0.2) is 10.9 Å². The van der Waals surface area contributed by atoms with Crippen molar-refractivity contribution in [2.24, 2.45) is 0 Å². The van der Waals surface area contributed by atoms with E-state index in [4.69, 9.17) is 4.74 Å². The molecule has 0 saturated carbocycles. The van der Waals surface area contributed by atoms with Crippen molar-refractivity contribution in [2.75, 3.05) is 12.4 Å². The molecule has 0 radical (unpaired) electrons. The van der Waals surface area contributed by atoms with Crippen LogP contribution in [0.4, 0.5) is 10.2 Å². The molecule has 1 aliphatic heterocycles. The van der Waals surface area contributed by atoms with Crippen LogP contribution in [0.25, 0.3) is 0 Å². The number of halogens is 1. The number of para-hydroxylation sites is 1. The third-order valence-corrected chi connectivity index (χ3v) is 6.93. The zero-order valence-electron chi connectivity index (χ0n) is 18.0. The van der Waals surface area contributed by atoms with Crippen LogP contribution in [0.5, 0.6) is 5.75 Å². The van der Waals surface area contributed by atoms with Gasteiger partial charge in [0.05, 0.1) is 18.6 Å². The summed E-state index contributed by atoms with van der Waals surface area (Å²) < 4.78 is 19.6. The van der Waals surface area contributed by atoms with Gasteiger partial charge >= 0.3 is 0 Å². The van der Waals surface area contributed by atoms with Gasteiger partial charge in [-0.2, -0.15) is 0 Å². The van der Waals surface area contributed by atoms with Crippen LogP contribution < -0.4 is 15.6 Å². The number of hydrogen-bond acceptors (Lipinski definition) is 6. The molecule has 33 heavy (non-hydrogen) atoms. The van der Waals surface area contributed by atoms with Gasteiger partial charge < -0.3 is 15.0 Å². The Hall–Kier alpha value is -3.39. The number of ether oxygens (including phenoxy) is 1. The maximum Gasteiger partial charge on any atom is 0.257 e. The lowest BCUT2D eigenvalue weighted by Crippen LogP contribution is -2.32. The second-order valence-electron chi connectivity index (χ2n) is 7.98. The Kier molecular flexibility index (Phi) is 5.76. The van der Waals surface area contributed by atoms with E-state index in [1.165, 1.54) is 17.8 Å². The molecule has 3 aromatic rings. The molecule has 1 atom stereocenters. The van der Waals surface area contributed by atoms with Crippen LogP contribution in [0.15, 0.2) is 69.8 Å². The summed E-state index contributed by atoms with van der Waals surface area (Å²) in [6, 6.07) is 14.0. The van der Waals surface area contributed by atoms with Crippen LogP contribution in [-0.4, -0.2) is 22.9 Å². The first-order valence-corrected chi connectivity index (χ1v) is 11.7. The Labute approximate surface area is 194 Å². The normalized spacial score (nSPS) is 17.3. The summed E-state index contributed by atoms with van der Waals surface area (Å²) in [5.41, 5.74) is 2.76. The minimum absolute atomic E-state index is 0.0303. The first-order chi connectivity index (χ1) is 16.1. The summed E-state index contributed by atoms with van der Waals surface area (Å²) >= 11 is 1.25. The molecule has 168 valence electrons. The van der Waals surface area contributed by atoms with E-state index < -0.39 is 5.92 Å². The van der Waals surface area contributed by atoms with Crippen molar-refractivity contribution in [1.82, 2.24) is 9.97 Å². The van der Waals surface area contributed by atoms with Gasteiger partial charge in [0, 0.05) is 29.0 Å². The maximum absolute atomic E-state index is 14.0. The van der Waals surface area contributed by atoms with Gasteiger partial charge in [-0.25, -0.2) is 9.37 Å². The van der Waals surface area contributed by atoms with Gasteiger partial charge in [0.2, 0.25) is 0 Å². The number of nitrogens with one attached hydrogen (secondary N) is 2. The molecular weight excluding hydrogens is 441 g/mol. The Morgan fingerprint density at radius 2 is 1.91 bits per heavy atom. The number of benzene rings is 2. The van der Waals surface area contributed by atoms with E-state index in [1.807, 2.05) is 24.3 Å². The highest BCUT2D eigenvalue weighted by Crippen LogP contribution is 2.45. The SMILES string of the molecule is COc1ccccc1[C@H]1C2=C(CCCC2=O)Nc2nc(SCc3ccccc3F)[nH]c(=O)c21. The number of methoxy groups -OCH3 is 1. The lowest BCUT2D eigenvalue weighted by atomic mass is 9.76. The molecule has 6 nitrogen and oxygen atoms in total. The van der Waals surface area contributed by atoms with Crippen molar-refractivity contribution in [1.29, 1.82) is 0 Å². The fourth-order valence-electron chi connectivity index (χ4n) is 4.49. The average molecular weight is 464 g/mol. The van der Waals surface area contributed by atoms with Gasteiger partial charge in [-0.3, -0.25) is 9.59 Å². The number of Topliss-reactive ketones (excluding diaryl/α,β-unsaturated/α-hetero) is 1. The second kappa shape index (κ2) is 8.86. The van der Waals surface area contributed by atoms with Gasteiger partial charge in [0.25, 0.3) is 5.56 Å². The van der Waals surface area contributed by atoms with Crippen molar-refractivity contribution < 1.29 is 13.9 Å². The third kappa shape index (κ3) is 3.95. The van der Waals surface area contributed by atoms with Crippen molar-refractivity contribution in [2.45, 2.75) is 36.1 Å². The van der Waals surface area contributed by atoms with Crippen molar-refractivity contribution in [3.63, 3.8) is 0 Å². The van der Waals surface area contributed by atoms with E-state index >= 15 is 0 Å². The molecule has 0 unspecified atom stereocenters. The summed E-state index contributed by atoms with van der Waals surface area (Å²) in [6.45, 7) is 0. The highest BCUT2D eigenvalue weighted by atomic mass is 32.2. The quantitative estimate of drug-likeness (QED) is 0.419. The molecular formula is C25H22FN3O3S. The number of H-pyrrole nitrogens is 1. The number of fused-ring (bicyclic) bond motifs is 1. The first-order valence-electron chi connectivity index (χ1n) is 10.7. The number of ketones is 1. The number of hydrogen-bond donors (Lipinski definition) is 2. The predicted molar refractivity (Wildman–Crippen MR) is 125 cm³/mol. The van der Waals surface area contributed by atoms with Crippen LogP contribution in [0.3, 0.4) is 0 Å². The number of carbonyl (C=O) groups excluding carboxylic acids is 1. The summed E-state index contributed by atoms with van der Waals surface area (Å²) in [4.78, 5) is 33.8. The van der Waals surface area contributed by atoms with Gasteiger partial charge in [-0.15, -0.1) is 0 Å². The molecule has 1 aliphatic carbocycles. The zero-order chi connectivity index (χ0) is 22.9. The van der Waals surface area contributed by atoms with E-state index in [9.17, 15) is 14.0 Å². The second-order valence-corrected chi connectivity index (χ2v) is 8.95. The van der Waals surface area contributed by atoms with E-state index in [0.29, 0.717) is 52.0 Å². The molecule has 0 saturated heterocycles. The highest BCUT2D eigenvalue weighted by molar-refractivity contribution is 7.98. The molecule has 2 heterocycles. The maximum atomic E-state index is 14.0. The first kappa shape index (κ1) is 21.5. The smallest absolute Gasteiger partial charge is 0.257 e. The monoisotopic (exact) mass is 463 g/mol. The average Bonchev–Trinajstić information content (AvgIpc) is 2.82. The molecule has 8 heteroatoms. The Morgan fingerprint density at radius 3 is 2.73 bits per heavy atom. The fourth-order valence-corrected chi connectivity index (χ4v) is 5.33. The van der Waals surface area contributed by atoms with Crippen LogP contribution in [0, 0.1) is 5.82 Å². The number of nitrogens with zero attached hydrogens (tertiary/aromatic N) is 1. The molecule has 2 aliphatic rings. The molecule has 0 spiro atoms. The van der Waals surface area contributed by atoms with Crippen LogP contribution in [-0.2, 0) is 10.5 Å². The van der Waals surface area contributed by atoms with E-state index in [0.717, 1.165) is 17.7 Å². The van der Waals surface area contributed by atoms with Crippen molar-refractivity contribution >= 4 is 23.4 Å². The Balaban J connectivity index is 1.59. The molecule has 5 rings (SSSR count). The van der Waals surface area contributed by atoms with E-state index in [-0.39, 0.29) is 17.2 Å². The number of allylic oxidation sites excluding steroid dienone is 2. The zero-order valence-corrected chi connectivity index (χ0v) is 18.8. The number of aromatic nitrogens is 2. The number of carbonyl (C=O) groups is 1. The molecule has 2 aromatic carbocycles. The topological polar surface area (TPSA) is 84.1 Å². The molecule has 0 amide bonds. The van der Waals surface area contributed by atoms with Crippen LogP contribution in [0.1, 0.15) is 41.9 Å². The number of rotatable bonds is 5. The lowest BCUT2D eigenvalue weighted by molar-refractivity contribution is -0.116. The van der Waals surface area contributed by atoms with Crippen LogP contribution >= 0.6 is 11.8 Å². The minimum atomic E-state index is -0.568. The Morgan fingerprint density at radius 1 is 1.12 bits per heavy atom. The molecule has 1 aromatic heterocycles. The predicted octanol–water partition coefficient (Wildman–Crippen LogP) is 4.77. The highest BCUT2D eigenvalue weighted by Gasteiger charge is 2.39. The van der Waals surface area contributed by atoms with E-state index in [2.05, 4.69) is 15.3 Å². The minimum Gasteiger partial charge on any atom is -0.496 e. The Bertz CT molecular complexity index is 1330. The van der Waals surface area contributed by atoms with Gasteiger partial charge in [0.1, 0.15) is 17.4 Å². The van der Waals surface area contributed by atoms with Gasteiger partial charge in [-0.1, -0.05) is 48.2 Å². The summed E-state index contributed by atoms with van der Waals surface area (Å²) in [5, 5.41) is 3.65. The number of anilines is 1. The molecule has 0 fully saturated rings. The number of thioether (sulfide) groups is 1. The fraction of sp³-hybridized carbons (Fsp3) is 0.240. The number of aromatic amines is 1. The summed E-state index contributed by atoms with van der Waals surface area (Å²) in [5.74, 6) is 0.536. The third-order valence-electron chi connectivity index (χ3n) is 6.01. The van der Waals surface area contributed by atoms with E-state index in [1.54, 1.807) is 25.3 Å². The largest absolute Gasteiger partial charge is 0.496 e. The standard InChI is InChI=1S/C25H22FN3O3S/c1-32-19-12-5-3-8-15(19)20-21-17(10-6-11-18(21)30)27-23-22(20)24(31)29-25(28-23)33-13-14-7-2-4-9-16(14)26/h2-5,7-9,12,20H,6,10-11,13H2,1H3,(H2,27,28,29,31)/t20-/m0/s1. The lowest BCUT2D eigenvalue weighted by Gasteiger charge is -2.33. The molecule has 0 bridgehead atoms. The van der Waals surface area contributed by atoms with Crippen molar-refractivity contribution in [3.05, 3.63) is 92.7 Å². The van der Waals surface area contributed by atoms with Crippen molar-refractivity contribution in [3.8, 4) is 5.75 Å². The summed E-state index contributed by atoms with van der Waals surface area (Å²) in [7, 11) is 1.57. The van der Waals surface area contributed by atoms with Gasteiger partial charge in [-0.05, 0) is 30.5 Å². The summed E-state index contributed by atoms with van der Waals surface area (Å²) in [6.07, 6.45) is 1.90. The van der Waals surface area contributed by atoms with Crippen LogP contribution in [0.2, 0.25) is 0 Å². The molecule has 2 N–H and O–H groups in total.